The van der Waals surface area contributed by atoms with Crippen molar-refractivity contribution in [3.8, 4) is 28.5 Å². The Hall–Kier alpha value is -3.04. The van der Waals surface area contributed by atoms with Gasteiger partial charge in [-0.1, -0.05) is 40.9 Å². The van der Waals surface area contributed by atoms with Crippen LogP contribution in [0.4, 0.5) is 13.2 Å². The number of aromatic nitrogens is 6. The van der Waals surface area contributed by atoms with Crippen molar-refractivity contribution in [3.63, 3.8) is 0 Å². The lowest BCUT2D eigenvalue weighted by Crippen LogP contribution is -2.13. The molecule has 0 radical (unpaired) electrons. The minimum Gasteiger partial charge on any atom is -0.236 e. The van der Waals surface area contributed by atoms with Gasteiger partial charge in [0.15, 0.2) is 17.3 Å². The van der Waals surface area contributed by atoms with E-state index in [9.17, 15) is 13.2 Å². The second-order valence-corrected chi connectivity index (χ2v) is 7.23. The van der Waals surface area contributed by atoms with Crippen molar-refractivity contribution in [3.05, 3.63) is 70.0 Å². The predicted molar refractivity (Wildman–Crippen MR) is 105 cm³/mol. The van der Waals surface area contributed by atoms with Crippen LogP contribution < -0.4 is 0 Å². The Balaban J connectivity index is 1.88. The van der Waals surface area contributed by atoms with Gasteiger partial charge in [0.25, 0.3) is 0 Å². The molecule has 0 unspecified atom stereocenters. The maximum Gasteiger partial charge on any atom is 0.434 e. The summed E-state index contributed by atoms with van der Waals surface area (Å²) >= 11 is 11.9. The number of halogens is 5. The molecule has 0 saturated heterocycles. The van der Waals surface area contributed by atoms with Gasteiger partial charge in [0.2, 0.25) is 0 Å². The van der Waals surface area contributed by atoms with Crippen LogP contribution in [0, 0.1) is 6.92 Å². The van der Waals surface area contributed by atoms with Crippen molar-refractivity contribution in [2.45, 2.75) is 13.1 Å². The fraction of sp³-hybridized carbons (Fsp3) is 0.105. The van der Waals surface area contributed by atoms with Gasteiger partial charge in [-0.2, -0.15) is 17.9 Å². The van der Waals surface area contributed by atoms with Gasteiger partial charge in [-0.25, -0.2) is 9.97 Å². The zero-order chi connectivity index (χ0) is 21.5. The van der Waals surface area contributed by atoms with E-state index in [1.165, 1.54) is 22.9 Å². The summed E-state index contributed by atoms with van der Waals surface area (Å²) in [5, 5.41) is 11.6. The van der Waals surface area contributed by atoms with E-state index in [1.807, 2.05) is 6.92 Å². The Labute approximate surface area is 178 Å². The van der Waals surface area contributed by atoms with E-state index in [-0.39, 0.29) is 32.8 Å². The standard InChI is InChI=1S/C19H11Cl2F3N6/c1-10-2-4-14(5-3-10)30-18(27-28-29-30)15-9-25-17(26-16(15)19(22,23)24)11-6-12(20)8-13(21)7-11/h2-9H,1H3. The summed E-state index contributed by atoms with van der Waals surface area (Å²) in [6.07, 6.45) is -3.74. The maximum absolute atomic E-state index is 13.9. The number of alkyl halides is 3. The average molecular weight is 451 g/mol. The highest BCUT2D eigenvalue weighted by atomic mass is 35.5. The van der Waals surface area contributed by atoms with Crippen molar-refractivity contribution in [2.24, 2.45) is 0 Å². The fourth-order valence-corrected chi connectivity index (χ4v) is 3.32. The number of benzene rings is 2. The lowest BCUT2D eigenvalue weighted by molar-refractivity contribution is -0.140. The molecule has 0 amide bonds. The van der Waals surface area contributed by atoms with Crippen molar-refractivity contribution >= 4 is 23.2 Å². The molecule has 0 aliphatic rings. The number of rotatable bonds is 3. The molecule has 2 aromatic carbocycles. The van der Waals surface area contributed by atoms with Crippen LogP contribution in [-0.2, 0) is 6.18 Å². The van der Waals surface area contributed by atoms with Crippen LogP contribution in [0.1, 0.15) is 11.3 Å². The van der Waals surface area contributed by atoms with E-state index in [2.05, 4.69) is 25.5 Å². The molecule has 4 aromatic rings. The number of tetrazole rings is 1. The summed E-state index contributed by atoms with van der Waals surface area (Å²) < 4.78 is 42.8. The lowest BCUT2D eigenvalue weighted by atomic mass is 10.1. The SMILES string of the molecule is Cc1ccc(-n2nnnc2-c2cnc(-c3cc(Cl)cc(Cl)c3)nc2C(F)(F)F)cc1. The molecule has 0 saturated carbocycles. The van der Waals surface area contributed by atoms with Crippen LogP contribution in [0.5, 0.6) is 0 Å². The van der Waals surface area contributed by atoms with Crippen LogP contribution >= 0.6 is 23.2 Å². The molecule has 30 heavy (non-hydrogen) atoms. The Morgan fingerprint density at radius 2 is 1.63 bits per heavy atom. The third-order valence-electron chi connectivity index (χ3n) is 4.17. The Morgan fingerprint density at radius 1 is 0.967 bits per heavy atom. The fourth-order valence-electron chi connectivity index (χ4n) is 2.80. The second kappa shape index (κ2) is 7.66. The summed E-state index contributed by atoms with van der Waals surface area (Å²) in [5.41, 5.74) is 0.205. The molecular weight excluding hydrogens is 440 g/mol. The molecular formula is C19H11Cl2F3N6. The predicted octanol–water partition coefficient (Wildman–Crippen LogP) is 5.42. The monoisotopic (exact) mass is 450 g/mol. The number of hydrogen-bond donors (Lipinski definition) is 0. The average Bonchev–Trinajstić information content (AvgIpc) is 3.16. The molecule has 152 valence electrons. The molecule has 4 rings (SSSR count). The molecule has 6 nitrogen and oxygen atoms in total. The molecule has 0 aliphatic heterocycles. The summed E-state index contributed by atoms with van der Waals surface area (Å²) in [5.74, 6) is -0.313. The first kappa shape index (κ1) is 20.2. The molecule has 2 aromatic heterocycles. The van der Waals surface area contributed by atoms with Crippen molar-refractivity contribution in [2.75, 3.05) is 0 Å². The normalized spacial score (nSPS) is 11.7. The number of hydrogen-bond acceptors (Lipinski definition) is 5. The zero-order valence-electron chi connectivity index (χ0n) is 15.2. The van der Waals surface area contributed by atoms with E-state index in [0.29, 0.717) is 5.69 Å². The van der Waals surface area contributed by atoms with Crippen LogP contribution in [-0.4, -0.2) is 30.2 Å². The first-order chi connectivity index (χ1) is 14.2. The third-order valence-corrected chi connectivity index (χ3v) is 4.60. The highest BCUT2D eigenvalue weighted by molar-refractivity contribution is 6.35. The van der Waals surface area contributed by atoms with E-state index in [0.717, 1.165) is 11.8 Å². The zero-order valence-corrected chi connectivity index (χ0v) is 16.7. The Bertz CT molecular complexity index is 1200. The lowest BCUT2D eigenvalue weighted by Gasteiger charge is -2.13. The molecule has 2 heterocycles. The topological polar surface area (TPSA) is 69.4 Å². The van der Waals surface area contributed by atoms with Crippen molar-refractivity contribution in [1.29, 1.82) is 0 Å². The number of nitrogens with zero attached hydrogens (tertiary/aromatic N) is 6. The summed E-state index contributed by atoms with van der Waals surface area (Å²) in [7, 11) is 0. The van der Waals surface area contributed by atoms with Gasteiger partial charge in [0.05, 0.1) is 11.3 Å². The van der Waals surface area contributed by atoms with Gasteiger partial charge >= 0.3 is 6.18 Å². The summed E-state index contributed by atoms with van der Waals surface area (Å²) in [4.78, 5) is 7.81. The molecule has 0 spiro atoms. The number of aryl methyl sites for hydroxylation is 1. The van der Waals surface area contributed by atoms with Gasteiger partial charge in [-0.05, 0) is 47.7 Å². The highest BCUT2D eigenvalue weighted by Crippen LogP contribution is 2.36. The summed E-state index contributed by atoms with van der Waals surface area (Å²) in [6, 6.07) is 11.3. The quantitative estimate of drug-likeness (QED) is 0.416. The van der Waals surface area contributed by atoms with Crippen LogP contribution in [0.3, 0.4) is 0 Å². The first-order valence-corrected chi connectivity index (χ1v) is 9.24. The van der Waals surface area contributed by atoms with Gasteiger partial charge in [0, 0.05) is 21.8 Å². The molecule has 11 heteroatoms. The Kier molecular flexibility index (Phi) is 5.17. The Morgan fingerprint density at radius 3 is 2.27 bits per heavy atom. The molecule has 0 fully saturated rings. The smallest absolute Gasteiger partial charge is 0.236 e. The van der Waals surface area contributed by atoms with Crippen LogP contribution in [0.15, 0.2) is 48.7 Å². The minimum absolute atomic E-state index is 0.137. The van der Waals surface area contributed by atoms with E-state index in [1.54, 1.807) is 24.3 Å². The van der Waals surface area contributed by atoms with Crippen LogP contribution in [0.25, 0.3) is 28.5 Å². The maximum atomic E-state index is 13.9. The molecule has 0 atom stereocenters. The largest absolute Gasteiger partial charge is 0.434 e. The first-order valence-electron chi connectivity index (χ1n) is 8.49. The van der Waals surface area contributed by atoms with E-state index < -0.39 is 11.9 Å². The van der Waals surface area contributed by atoms with Crippen molar-refractivity contribution in [1.82, 2.24) is 30.2 Å². The van der Waals surface area contributed by atoms with Gasteiger partial charge in [0.1, 0.15) is 0 Å². The summed E-state index contributed by atoms with van der Waals surface area (Å²) in [6.45, 7) is 1.89. The third kappa shape index (κ3) is 3.99. The van der Waals surface area contributed by atoms with E-state index >= 15 is 0 Å². The van der Waals surface area contributed by atoms with Crippen LogP contribution in [0.2, 0.25) is 10.0 Å². The van der Waals surface area contributed by atoms with Gasteiger partial charge in [-0.15, -0.1) is 5.10 Å². The highest BCUT2D eigenvalue weighted by Gasteiger charge is 2.38. The van der Waals surface area contributed by atoms with Crippen molar-refractivity contribution < 1.29 is 13.2 Å². The molecule has 0 aliphatic carbocycles. The molecule has 0 N–H and O–H groups in total. The van der Waals surface area contributed by atoms with Gasteiger partial charge in [-0.3, -0.25) is 0 Å². The van der Waals surface area contributed by atoms with Gasteiger partial charge < -0.3 is 0 Å². The minimum atomic E-state index is -4.78. The second-order valence-electron chi connectivity index (χ2n) is 6.36. The van der Waals surface area contributed by atoms with E-state index in [4.69, 9.17) is 23.2 Å². The molecule has 0 bridgehead atoms.